The lowest BCUT2D eigenvalue weighted by Crippen LogP contribution is -2.33. The molecule has 0 atom stereocenters. The van der Waals surface area contributed by atoms with Crippen molar-refractivity contribution < 1.29 is 40.7 Å². The van der Waals surface area contributed by atoms with Crippen molar-refractivity contribution >= 4 is 11.9 Å². The number of ether oxygens (including phenoxy) is 1. The number of nitrogens with zero attached hydrogens (tertiary/aromatic N) is 1. The Kier molecular flexibility index (Phi) is 10.5. The van der Waals surface area contributed by atoms with E-state index in [0.717, 1.165) is 12.8 Å². The first-order chi connectivity index (χ1) is 15.5. The molecular weight excluding hydrogens is 451 g/mol. The van der Waals surface area contributed by atoms with Gasteiger partial charge in [-0.1, -0.05) is 45.2 Å². The summed E-state index contributed by atoms with van der Waals surface area (Å²) in [6.07, 6.45) is 0.617. The summed E-state index contributed by atoms with van der Waals surface area (Å²) in [6, 6.07) is 5.17. The molecule has 1 heterocycles. The van der Waals surface area contributed by atoms with Gasteiger partial charge in [-0.2, -0.15) is 22.0 Å². The van der Waals surface area contributed by atoms with E-state index in [9.17, 15) is 31.5 Å². The van der Waals surface area contributed by atoms with Gasteiger partial charge in [-0.3, -0.25) is 9.59 Å². The number of nitrogens with two attached hydrogens (primary N) is 1. The molecule has 0 saturated heterocycles. The van der Waals surface area contributed by atoms with Gasteiger partial charge in [-0.05, 0) is 25.0 Å². The van der Waals surface area contributed by atoms with E-state index >= 15 is 0 Å². The first-order valence-corrected chi connectivity index (χ1v) is 10.4. The molecule has 0 spiro atoms. The second kappa shape index (κ2) is 12.3. The van der Waals surface area contributed by atoms with Gasteiger partial charge in [-0.25, -0.2) is 4.98 Å². The fourth-order valence-corrected chi connectivity index (χ4v) is 2.98. The molecule has 6 nitrogen and oxygen atoms in total. The summed E-state index contributed by atoms with van der Waals surface area (Å²) in [6.45, 7) is 4.00. The second-order valence-corrected chi connectivity index (χ2v) is 6.91. The molecule has 0 radical (unpaired) electrons. The lowest BCUT2D eigenvalue weighted by Gasteiger charge is -2.18. The molecule has 1 aliphatic carbocycles. The van der Waals surface area contributed by atoms with E-state index in [1.165, 1.54) is 50.6 Å². The van der Waals surface area contributed by atoms with Crippen LogP contribution in [0.15, 0.2) is 34.9 Å². The summed E-state index contributed by atoms with van der Waals surface area (Å²) in [5.41, 5.74) is 5.15. The van der Waals surface area contributed by atoms with E-state index in [1.54, 1.807) is 0 Å². The van der Waals surface area contributed by atoms with Gasteiger partial charge in [0.1, 0.15) is 12.0 Å². The third-order valence-electron chi connectivity index (χ3n) is 4.73. The number of halogens is 5. The zero-order valence-electron chi connectivity index (χ0n) is 18.5. The highest BCUT2D eigenvalue weighted by molar-refractivity contribution is 5.93. The van der Waals surface area contributed by atoms with Gasteiger partial charge in [0.25, 0.3) is 5.89 Å². The summed E-state index contributed by atoms with van der Waals surface area (Å²) in [5.74, 6) is -7.44. The third kappa shape index (κ3) is 7.54. The number of primary amides is 1. The van der Waals surface area contributed by atoms with E-state index in [4.69, 9.17) is 5.73 Å². The molecule has 33 heavy (non-hydrogen) atoms. The van der Waals surface area contributed by atoms with Crippen molar-refractivity contribution in [3.8, 4) is 11.3 Å². The number of hydrogen-bond donors (Lipinski definition) is 1. The van der Waals surface area contributed by atoms with E-state index in [2.05, 4.69) is 14.1 Å². The second-order valence-electron chi connectivity index (χ2n) is 6.91. The number of methoxy groups -OCH3 is 1. The number of aromatic nitrogens is 1. The molecule has 0 unspecified atom stereocenters. The predicted octanol–water partition coefficient (Wildman–Crippen LogP) is 5.86. The minimum atomic E-state index is -5.80. The summed E-state index contributed by atoms with van der Waals surface area (Å²) >= 11 is 0. The Balaban J connectivity index is 0.000000380. The van der Waals surface area contributed by atoms with Crippen LogP contribution < -0.4 is 5.73 Å². The van der Waals surface area contributed by atoms with E-state index in [0.29, 0.717) is 6.26 Å². The number of hydrogen-bond acceptors (Lipinski definition) is 5. The van der Waals surface area contributed by atoms with E-state index in [1.807, 2.05) is 13.8 Å². The fraction of sp³-hybridized carbons (Fsp3) is 0.500. The Morgan fingerprint density at radius 2 is 1.58 bits per heavy atom. The maximum absolute atomic E-state index is 13.0. The van der Waals surface area contributed by atoms with Crippen molar-refractivity contribution in [1.29, 1.82) is 0 Å². The molecule has 1 aromatic heterocycles. The van der Waals surface area contributed by atoms with Crippen LogP contribution in [0.5, 0.6) is 0 Å². The predicted molar refractivity (Wildman–Crippen MR) is 110 cm³/mol. The summed E-state index contributed by atoms with van der Waals surface area (Å²) in [5, 5.41) is 0. The molecule has 0 bridgehead atoms. The van der Waals surface area contributed by atoms with Crippen molar-refractivity contribution in [2.24, 2.45) is 11.7 Å². The highest BCUT2D eigenvalue weighted by atomic mass is 19.4. The van der Waals surface area contributed by atoms with Crippen LogP contribution in [0.25, 0.3) is 11.3 Å². The topological polar surface area (TPSA) is 95.4 Å². The van der Waals surface area contributed by atoms with E-state index in [-0.39, 0.29) is 28.7 Å². The van der Waals surface area contributed by atoms with Crippen molar-refractivity contribution in [2.45, 2.75) is 58.1 Å². The van der Waals surface area contributed by atoms with Crippen LogP contribution in [0.3, 0.4) is 0 Å². The van der Waals surface area contributed by atoms with Gasteiger partial charge in [0.15, 0.2) is 0 Å². The highest BCUT2D eigenvalue weighted by Gasteiger charge is 2.62. The van der Waals surface area contributed by atoms with Gasteiger partial charge in [0, 0.05) is 11.1 Å². The molecule has 1 amide bonds. The van der Waals surface area contributed by atoms with Crippen LogP contribution in [0.2, 0.25) is 0 Å². The number of carbonyl (C=O) groups is 2. The molecule has 184 valence electrons. The maximum atomic E-state index is 13.0. The molecule has 1 aromatic carbocycles. The number of benzene rings is 1. The quantitative estimate of drug-likeness (QED) is 0.439. The Hall–Kier alpha value is -2.98. The average Bonchev–Trinajstić information content (AvgIpc) is 3.31. The monoisotopic (exact) mass is 478 g/mol. The minimum Gasteiger partial charge on any atom is -0.469 e. The Bertz CT molecular complexity index is 889. The van der Waals surface area contributed by atoms with Crippen LogP contribution in [0, 0.1) is 5.92 Å². The van der Waals surface area contributed by atoms with E-state index < -0.39 is 23.9 Å². The smallest absolute Gasteiger partial charge is 0.463 e. The molecule has 2 aromatic rings. The Morgan fingerprint density at radius 3 is 2.03 bits per heavy atom. The van der Waals surface area contributed by atoms with Crippen molar-refractivity contribution in [3.63, 3.8) is 0 Å². The molecule has 1 saturated carbocycles. The number of amides is 1. The standard InChI is InChI=1S/C12H7F5N2O2.C8H14O2.C2H6/c13-11(14,12(15,16)17)10-19-8(5-21-10)6-1-3-7(4-2-6)9(18)20;1-10-8(9)7-5-3-2-4-6-7;1-2/h1-5H,(H2,18,20);7H,2-6H2,1H3;1-2H3. The lowest BCUT2D eigenvalue weighted by molar-refractivity contribution is -0.297. The van der Waals surface area contributed by atoms with Gasteiger partial charge in [0.05, 0.1) is 13.0 Å². The number of carbonyl (C=O) groups excluding carboxylic acids is 2. The van der Waals surface area contributed by atoms with Crippen molar-refractivity contribution in [2.75, 3.05) is 7.11 Å². The van der Waals surface area contributed by atoms with Gasteiger partial charge in [-0.15, -0.1) is 0 Å². The first kappa shape index (κ1) is 28.1. The first-order valence-electron chi connectivity index (χ1n) is 10.4. The number of oxazole rings is 1. The minimum absolute atomic E-state index is 0.0142. The zero-order valence-corrected chi connectivity index (χ0v) is 18.5. The third-order valence-corrected chi connectivity index (χ3v) is 4.73. The SMILES string of the molecule is CC.COC(=O)C1CCCCC1.NC(=O)c1ccc(-c2coc(C(F)(F)C(F)(F)F)n2)cc1. The highest BCUT2D eigenvalue weighted by Crippen LogP contribution is 2.43. The van der Waals surface area contributed by atoms with Crippen LogP contribution in [0.1, 0.15) is 62.2 Å². The summed E-state index contributed by atoms with van der Waals surface area (Å²) in [4.78, 5) is 24.9. The van der Waals surface area contributed by atoms with Crippen LogP contribution in [-0.4, -0.2) is 30.1 Å². The normalized spacial score (nSPS) is 14.3. The van der Waals surface area contributed by atoms with Gasteiger partial charge >= 0.3 is 18.1 Å². The number of rotatable bonds is 4. The molecule has 11 heteroatoms. The van der Waals surface area contributed by atoms with Crippen LogP contribution in [-0.2, 0) is 15.5 Å². The number of esters is 1. The Labute approximate surface area is 188 Å². The molecule has 0 aliphatic heterocycles. The zero-order chi connectivity index (χ0) is 25.2. The van der Waals surface area contributed by atoms with Crippen LogP contribution >= 0.6 is 0 Å². The lowest BCUT2D eigenvalue weighted by atomic mass is 9.89. The van der Waals surface area contributed by atoms with Crippen molar-refractivity contribution in [1.82, 2.24) is 4.98 Å². The summed E-state index contributed by atoms with van der Waals surface area (Å²) < 4.78 is 71.4. The van der Waals surface area contributed by atoms with Gasteiger partial charge < -0.3 is 14.9 Å². The van der Waals surface area contributed by atoms with Crippen LogP contribution in [0.4, 0.5) is 22.0 Å². The average molecular weight is 478 g/mol. The molecule has 1 aliphatic rings. The largest absolute Gasteiger partial charge is 0.469 e. The molecular formula is C22H27F5N2O4. The summed E-state index contributed by atoms with van der Waals surface area (Å²) in [7, 11) is 1.47. The van der Waals surface area contributed by atoms with Gasteiger partial charge in [0.2, 0.25) is 5.91 Å². The molecule has 1 fully saturated rings. The maximum Gasteiger partial charge on any atom is 0.463 e. The molecule has 2 N–H and O–H groups in total. The molecule has 3 rings (SSSR count). The Morgan fingerprint density at radius 1 is 1.03 bits per heavy atom. The van der Waals surface area contributed by atoms with Crippen molar-refractivity contribution in [3.05, 3.63) is 42.0 Å². The number of alkyl halides is 5. The fourth-order valence-electron chi connectivity index (χ4n) is 2.98.